The molecule has 1 rings (SSSR count). The molecule has 11 heavy (non-hydrogen) atoms. The number of hydrogen-bond acceptors (Lipinski definition) is 1. The van der Waals surface area contributed by atoms with Gasteiger partial charge in [0.05, 0.1) is 0 Å². The van der Waals surface area contributed by atoms with Gasteiger partial charge in [-0.1, -0.05) is 23.9 Å². The summed E-state index contributed by atoms with van der Waals surface area (Å²) in [4.78, 5) is 0. The smallest absolute Gasteiger partial charge is 0.133 e. The van der Waals surface area contributed by atoms with Gasteiger partial charge in [-0.2, -0.15) is 0 Å². The van der Waals surface area contributed by atoms with E-state index in [1.165, 1.54) is 6.26 Å². The summed E-state index contributed by atoms with van der Waals surface area (Å²) in [5.74, 6) is 0.835. The van der Waals surface area contributed by atoms with Crippen LogP contribution in [0.15, 0.2) is 48.4 Å². The maximum atomic E-state index is 5.18. The Morgan fingerprint density at radius 2 is 2.00 bits per heavy atom. The van der Waals surface area contributed by atoms with Gasteiger partial charge in [-0.15, -0.1) is 0 Å². The topological polar surface area (TPSA) is 9.23 Å². The molecule has 0 heterocycles. The first-order valence-corrected chi connectivity index (χ1v) is 3.51. The Morgan fingerprint density at radius 3 is 2.64 bits per heavy atom. The molecule has 0 aliphatic rings. The summed E-state index contributed by atoms with van der Waals surface area (Å²) in [5.41, 5.74) is 2.82. The molecular weight excluding hydrogens is 136 g/mol. The number of allylic oxidation sites excluding steroid dienone is 1. The summed E-state index contributed by atoms with van der Waals surface area (Å²) in [6.07, 6.45) is 3.33. The number of hydrogen-bond donors (Lipinski definition) is 0. The van der Waals surface area contributed by atoms with Crippen molar-refractivity contribution in [3.05, 3.63) is 48.4 Å². The fourth-order valence-electron chi connectivity index (χ4n) is 0.669. The number of rotatable bonds is 2. The number of para-hydroxylation sites is 1. The fraction of sp³-hybridized carbons (Fsp3) is 0.100. The van der Waals surface area contributed by atoms with Gasteiger partial charge in [-0.25, -0.2) is 0 Å². The highest BCUT2D eigenvalue weighted by Crippen LogP contribution is 2.07. The third-order valence-corrected chi connectivity index (χ3v) is 1.17. The maximum absolute atomic E-state index is 5.18. The van der Waals surface area contributed by atoms with Crippen molar-refractivity contribution < 1.29 is 4.74 Å². The summed E-state index contributed by atoms with van der Waals surface area (Å²) in [6, 6.07) is 9.60. The third-order valence-electron chi connectivity index (χ3n) is 1.17. The first-order chi connectivity index (χ1) is 5.43. The zero-order valence-corrected chi connectivity index (χ0v) is 6.45. The molecule has 0 aliphatic heterocycles. The third kappa shape index (κ3) is 2.74. The molecule has 0 atom stereocenters. The Kier molecular flexibility index (Phi) is 3.04. The Morgan fingerprint density at radius 1 is 1.27 bits per heavy atom. The van der Waals surface area contributed by atoms with Gasteiger partial charge >= 0.3 is 0 Å². The van der Waals surface area contributed by atoms with Gasteiger partial charge in [-0.3, -0.25) is 0 Å². The van der Waals surface area contributed by atoms with E-state index in [1.54, 1.807) is 6.08 Å². The van der Waals surface area contributed by atoms with Crippen LogP contribution in [0, 0.1) is 0 Å². The SMILES string of the molecule is CC=C=COc1ccccc1. The van der Waals surface area contributed by atoms with Crippen LogP contribution in [0.1, 0.15) is 6.92 Å². The molecular formula is C10H10O. The summed E-state index contributed by atoms with van der Waals surface area (Å²) in [6.45, 7) is 1.89. The molecule has 0 radical (unpaired) electrons. The molecule has 0 saturated heterocycles. The molecule has 1 aromatic rings. The lowest BCUT2D eigenvalue weighted by atomic mass is 10.3. The molecule has 1 nitrogen and oxygen atoms in total. The molecule has 0 amide bonds. The molecule has 56 valence electrons. The summed E-state index contributed by atoms with van der Waals surface area (Å²) in [5, 5.41) is 0. The standard InChI is InChI=1S/C10H10O/c1-2-3-9-11-10-7-5-4-6-8-10/h2,4-9H,1H3. The van der Waals surface area contributed by atoms with Gasteiger partial charge < -0.3 is 4.74 Å². The average molecular weight is 146 g/mol. The van der Waals surface area contributed by atoms with Crippen molar-refractivity contribution in [2.75, 3.05) is 0 Å². The van der Waals surface area contributed by atoms with Crippen molar-refractivity contribution in [1.29, 1.82) is 0 Å². The van der Waals surface area contributed by atoms with Crippen molar-refractivity contribution in [1.82, 2.24) is 0 Å². The zero-order chi connectivity index (χ0) is 7.94. The highest BCUT2D eigenvalue weighted by atomic mass is 16.5. The summed E-state index contributed by atoms with van der Waals surface area (Å²) >= 11 is 0. The van der Waals surface area contributed by atoms with E-state index in [2.05, 4.69) is 5.73 Å². The second kappa shape index (κ2) is 4.37. The lowest BCUT2D eigenvalue weighted by Gasteiger charge is -1.94. The summed E-state index contributed by atoms with van der Waals surface area (Å²) < 4.78 is 5.18. The Balaban J connectivity index is 2.59. The molecule has 1 aromatic carbocycles. The fourth-order valence-corrected chi connectivity index (χ4v) is 0.669. The van der Waals surface area contributed by atoms with E-state index in [0.717, 1.165) is 5.75 Å². The van der Waals surface area contributed by atoms with Crippen LogP contribution in [0.2, 0.25) is 0 Å². The van der Waals surface area contributed by atoms with Crippen molar-refractivity contribution in [3.8, 4) is 5.75 Å². The highest BCUT2D eigenvalue weighted by Gasteiger charge is 1.83. The largest absolute Gasteiger partial charge is 0.457 e. The van der Waals surface area contributed by atoms with Crippen LogP contribution in [-0.4, -0.2) is 0 Å². The van der Waals surface area contributed by atoms with Gasteiger partial charge in [0.2, 0.25) is 0 Å². The van der Waals surface area contributed by atoms with E-state index in [0.29, 0.717) is 0 Å². The van der Waals surface area contributed by atoms with E-state index in [-0.39, 0.29) is 0 Å². The second-order valence-electron chi connectivity index (χ2n) is 2.00. The molecule has 0 saturated carbocycles. The lowest BCUT2D eigenvalue weighted by molar-refractivity contribution is 0.482. The molecule has 0 aromatic heterocycles. The van der Waals surface area contributed by atoms with Gasteiger partial charge in [-0.05, 0) is 25.1 Å². The van der Waals surface area contributed by atoms with Gasteiger partial charge in [0, 0.05) is 0 Å². The minimum absolute atomic E-state index is 0.835. The van der Waals surface area contributed by atoms with E-state index in [9.17, 15) is 0 Å². The van der Waals surface area contributed by atoms with E-state index in [1.807, 2.05) is 37.3 Å². The van der Waals surface area contributed by atoms with Crippen molar-refractivity contribution in [2.45, 2.75) is 6.92 Å². The van der Waals surface area contributed by atoms with Crippen LogP contribution in [0.25, 0.3) is 0 Å². The molecule has 0 unspecified atom stereocenters. The Hall–Kier alpha value is -1.46. The van der Waals surface area contributed by atoms with Gasteiger partial charge in [0.1, 0.15) is 12.0 Å². The molecule has 0 bridgehead atoms. The van der Waals surface area contributed by atoms with E-state index >= 15 is 0 Å². The van der Waals surface area contributed by atoms with Gasteiger partial charge in [0.15, 0.2) is 0 Å². The number of ether oxygens (including phenoxy) is 1. The predicted molar refractivity (Wildman–Crippen MR) is 45.4 cm³/mol. The first kappa shape index (κ1) is 7.64. The van der Waals surface area contributed by atoms with Crippen LogP contribution in [0.5, 0.6) is 5.75 Å². The molecule has 0 fully saturated rings. The molecule has 0 N–H and O–H groups in total. The highest BCUT2D eigenvalue weighted by molar-refractivity contribution is 5.21. The van der Waals surface area contributed by atoms with Crippen LogP contribution in [-0.2, 0) is 0 Å². The Bertz CT molecular complexity index is 255. The van der Waals surface area contributed by atoms with Crippen molar-refractivity contribution in [2.24, 2.45) is 0 Å². The normalized spacial score (nSPS) is 8.09. The minimum Gasteiger partial charge on any atom is -0.457 e. The molecule has 0 spiro atoms. The van der Waals surface area contributed by atoms with Crippen molar-refractivity contribution in [3.63, 3.8) is 0 Å². The Labute approximate surface area is 66.6 Å². The van der Waals surface area contributed by atoms with Crippen molar-refractivity contribution >= 4 is 0 Å². The first-order valence-electron chi connectivity index (χ1n) is 3.51. The molecule has 0 aliphatic carbocycles. The monoisotopic (exact) mass is 146 g/mol. The van der Waals surface area contributed by atoms with Crippen LogP contribution < -0.4 is 4.74 Å². The van der Waals surface area contributed by atoms with Gasteiger partial charge in [0.25, 0.3) is 0 Å². The van der Waals surface area contributed by atoms with E-state index < -0.39 is 0 Å². The predicted octanol–water partition coefficient (Wildman–Crippen LogP) is 2.75. The number of benzene rings is 1. The quantitative estimate of drug-likeness (QED) is 0.460. The van der Waals surface area contributed by atoms with E-state index in [4.69, 9.17) is 4.74 Å². The second-order valence-corrected chi connectivity index (χ2v) is 2.00. The van der Waals surface area contributed by atoms with Crippen LogP contribution in [0.4, 0.5) is 0 Å². The molecule has 1 heteroatoms. The van der Waals surface area contributed by atoms with Crippen LogP contribution >= 0.6 is 0 Å². The summed E-state index contributed by atoms with van der Waals surface area (Å²) in [7, 11) is 0. The average Bonchev–Trinajstić information content (AvgIpc) is 2.07. The van der Waals surface area contributed by atoms with Crippen LogP contribution in [0.3, 0.4) is 0 Å². The zero-order valence-electron chi connectivity index (χ0n) is 6.45. The minimum atomic E-state index is 0.835. The maximum Gasteiger partial charge on any atom is 0.133 e. The lowest BCUT2D eigenvalue weighted by Crippen LogP contribution is -1.77.